The SMILES string of the molecule is CC(=O)O[C@H]1C[C@H](C(=O)NC[C@H]2O[C@@H](C(=O)NC[C@H]3O[C@@H](C(=O)NC[C@H]4O[C@@H](C(=O)NC[C@H]5O[C@@H](C(=O)NC[C@H]6O[C@@H](C(=O)NC[C@H]7O[C@@H](C(=O)OC(C)C)C[C@@H]7OC(C)=O)C[C@@H]6OC(C)=O)C[C@@H]5OC(C)=O)C[C@@H]4OC(C)=O)C[C@@H]3OC(C)=O)C[C@@H]2OC(C)=O)O[C@@H]1CN=[N+]=[N-]. The summed E-state index contributed by atoms with van der Waals surface area (Å²) in [5.41, 5.74) is 8.76. The fraction of sp³-hybridized carbons (Fsp3) is 0.763. The van der Waals surface area contributed by atoms with E-state index in [4.69, 9.17) is 76.6 Å². The lowest BCUT2D eigenvalue weighted by Crippen LogP contribution is -2.45. The minimum Gasteiger partial charge on any atom is -0.461 e. The summed E-state index contributed by atoms with van der Waals surface area (Å²) >= 11 is 0. The summed E-state index contributed by atoms with van der Waals surface area (Å²) in [5.74, 6) is -9.75. The van der Waals surface area contributed by atoms with Crippen molar-refractivity contribution >= 4 is 83.2 Å². The topological polar surface area (TPSA) is 498 Å². The second-order valence-electron chi connectivity index (χ2n) is 24.2. The molecule has 0 spiro atoms. The maximum absolute atomic E-state index is 13.7. The largest absolute Gasteiger partial charge is 0.461 e. The van der Waals surface area contributed by atoms with Crippen molar-refractivity contribution in [1.82, 2.24) is 31.9 Å². The minimum absolute atomic E-state index is 0.0121. The maximum Gasteiger partial charge on any atom is 0.335 e. The van der Waals surface area contributed by atoms with E-state index in [1.54, 1.807) is 13.8 Å². The number of hydrogen-bond donors (Lipinski definition) is 6. The molecule has 7 aliphatic heterocycles. The van der Waals surface area contributed by atoms with E-state index in [1.165, 1.54) is 13.8 Å². The molecular weight excluding hydrogens is 1300 g/mol. The van der Waals surface area contributed by atoms with Crippen LogP contribution in [0.2, 0.25) is 0 Å². The molecule has 97 heavy (non-hydrogen) atoms. The van der Waals surface area contributed by atoms with E-state index in [1.807, 2.05) is 0 Å². The smallest absolute Gasteiger partial charge is 0.335 e. The number of esters is 8. The molecule has 7 heterocycles. The van der Waals surface area contributed by atoms with Crippen molar-refractivity contribution < 1.29 is 138 Å². The van der Waals surface area contributed by atoms with Gasteiger partial charge in [-0.2, -0.15) is 0 Å². The lowest BCUT2D eigenvalue weighted by Gasteiger charge is -2.21. The number of azide groups is 1. The molecule has 0 unspecified atom stereocenters. The van der Waals surface area contributed by atoms with Crippen molar-refractivity contribution in [3.63, 3.8) is 0 Å². The Morgan fingerprint density at radius 2 is 0.526 bits per heavy atom. The molecule has 7 aliphatic rings. The number of carbonyl (C=O) groups excluding carboxylic acids is 14. The molecule has 21 atom stereocenters. The summed E-state index contributed by atoms with van der Waals surface area (Å²) in [6, 6.07) is 0. The molecule has 0 radical (unpaired) electrons. The first kappa shape index (κ1) is 76.0. The monoisotopic (exact) mass is 1380 g/mol. The predicted molar refractivity (Wildman–Crippen MR) is 315 cm³/mol. The first-order valence-corrected chi connectivity index (χ1v) is 31.6. The van der Waals surface area contributed by atoms with Gasteiger partial charge in [-0.1, -0.05) is 5.11 Å². The van der Waals surface area contributed by atoms with Gasteiger partial charge < -0.3 is 103 Å². The molecule has 38 heteroatoms. The standard InChI is InChI=1S/C59H83N9O29/c1-24(2)83-59(82)45-16-38(90-31(9)75)51(97-45)22-66-57(80)43-14-36(88-29(7)73)49(95-43)20-64-55(78)41-12-34(86-27(5)71)47(93-41)18-62-53(76)39-10-32(84-25(3)69)46(91-39)17-61-54(77)40-11-33(85-26(4)70)48(92-40)19-63-56(79)42-13-35(87-28(6)72)50(94-42)21-65-58(81)44-15-37(89-30(8)74)52(96-44)23-67-68-60/h24,32-52H,10-23H2,1-9H3,(H,61,77)(H,62,76)(H,63,79)(H,64,78)(H,65,81)(H,66,80)/t32-,33-,34-,35-,36-,37-,38-,39+,40+,41+,42+,43+,44+,45+,46+,47+,48+,49+,50+,51+,52+/m0/s1. The molecule has 0 saturated carbocycles. The van der Waals surface area contributed by atoms with Crippen LogP contribution in [0.3, 0.4) is 0 Å². The van der Waals surface area contributed by atoms with Gasteiger partial charge in [-0.3, -0.25) is 62.3 Å². The highest BCUT2D eigenvalue weighted by atomic mass is 16.6. The van der Waals surface area contributed by atoms with E-state index in [0.29, 0.717) is 0 Å². The number of amides is 6. The third-order valence-corrected chi connectivity index (χ3v) is 16.2. The van der Waals surface area contributed by atoms with Gasteiger partial charge in [0.15, 0.2) is 6.10 Å². The maximum atomic E-state index is 13.7. The highest BCUT2D eigenvalue weighted by Crippen LogP contribution is 2.32. The average Bonchev–Trinajstić information content (AvgIpc) is 2.04. The molecular formula is C59H83N9O29. The van der Waals surface area contributed by atoms with Gasteiger partial charge in [0.1, 0.15) is 122 Å². The summed E-state index contributed by atoms with van der Waals surface area (Å²) in [5, 5.41) is 19.3. The Morgan fingerprint density at radius 1 is 0.340 bits per heavy atom. The summed E-state index contributed by atoms with van der Waals surface area (Å²) in [6.07, 6.45) is -23.9. The molecule has 0 aliphatic carbocycles. The van der Waals surface area contributed by atoms with Crippen LogP contribution in [0.5, 0.6) is 0 Å². The third-order valence-electron chi connectivity index (χ3n) is 16.2. The van der Waals surface area contributed by atoms with E-state index < -0.39 is 217 Å². The molecule has 7 fully saturated rings. The summed E-state index contributed by atoms with van der Waals surface area (Å²) < 4.78 is 84.4. The lowest BCUT2D eigenvalue weighted by atomic mass is 10.1. The van der Waals surface area contributed by atoms with E-state index in [0.717, 1.165) is 34.6 Å². The number of nitrogens with zero attached hydrogens (tertiary/aromatic N) is 3. The van der Waals surface area contributed by atoms with E-state index in [9.17, 15) is 67.1 Å². The Hall–Kier alpha value is -8.39. The van der Waals surface area contributed by atoms with Gasteiger partial charge in [0.05, 0.1) is 12.6 Å². The van der Waals surface area contributed by atoms with E-state index >= 15 is 0 Å². The zero-order valence-corrected chi connectivity index (χ0v) is 54.8. The van der Waals surface area contributed by atoms with Crippen LogP contribution < -0.4 is 31.9 Å². The van der Waals surface area contributed by atoms with Gasteiger partial charge in [-0.05, 0) is 19.4 Å². The fourth-order valence-corrected chi connectivity index (χ4v) is 12.1. The first-order chi connectivity index (χ1) is 45.9. The van der Waals surface area contributed by atoms with Crippen molar-refractivity contribution in [3.8, 4) is 0 Å². The number of ether oxygens (including phenoxy) is 15. The molecule has 0 aromatic carbocycles. The number of carbonyl (C=O) groups is 14. The van der Waals surface area contributed by atoms with Gasteiger partial charge in [0, 0.05) is 138 Å². The van der Waals surface area contributed by atoms with Crippen LogP contribution >= 0.6 is 0 Å². The van der Waals surface area contributed by atoms with Crippen molar-refractivity contribution in [3.05, 3.63) is 10.4 Å². The molecule has 7 saturated heterocycles. The van der Waals surface area contributed by atoms with Crippen LogP contribution in [0.1, 0.15) is 107 Å². The highest BCUT2D eigenvalue weighted by Gasteiger charge is 2.50. The zero-order valence-electron chi connectivity index (χ0n) is 54.8. The van der Waals surface area contributed by atoms with Crippen molar-refractivity contribution in [2.45, 2.75) is 242 Å². The first-order valence-electron chi connectivity index (χ1n) is 31.6. The van der Waals surface area contributed by atoms with Crippen LogP contribution in [0.15, 0.2) is 5.11 Å². The van der Waals surface area contributed by atoms with Crippen molar-refractivity contribution in [2.24, 2.45) is 5.11 Å². The van der Waals surface area contributed by atoms with Crippen LogP contribution in [0.25, 0.3) is 10.4 Å². The van der Waals surface area contributed by atoms with Gasteiger partial charge in [0.25, 0.3) is 0 Å². The fourth-order valence-electron chi connectivity index (χ4n) is 12.1. The molecule has 6 amide bonds. The quantitative estimate of drug-likeness (QED) is 0.0140. The Bertz CT molecular complexity index is 2970. The molecule has 538 valence electrons. The molecule has 0 aromatic heterocycles. The normalized spacial score (nSPS) is 32.5. The number of hydrogen-bond acceptors (Lipinski definition) is 30. The van der Waals surface area contributed by atoms with Gasteiger partial charge in [-0.15, -0.1) is 0 Å². The molecule has 0 bridgehead atoms. The lowest BCUT2D eigenvalue weighted by molar-refractivity contribution is -0.160. The second-order valence-corrected chi connectivity index (χ2v) is 24.2. The second kappa shape index (κ2) is 35.2. The van der Waals surface area contributed by atoms with E-state index in [-0.39, 0.29) is 90.8 Å². The minimum atomic E-state index is -1.28. The Labute approximate surface area is 554 Å². The van der Waals surface area contributed by atoms with Crippen LogP contribution in [0.4, 0.5) is 0 Å². The summed E-state index contributed by atoms with van der Waals surface area (Å²) in [4.78, 5) is 181. The Kier molecular flexibility index (Phi) is 27.6. The Balaban J connectivity index is 0.873. The summed E-state index contributed by atoms with van der Waals surface area (Å²) in [6.45, 7) is 9.39. The molecule has 6 N–H and O–H groups in total. The number of nitrogens with one attached hydrogen (secondary N) is 6. The van der Waals surface area contributed by atoms with Crippen LogP contribution in [-0.4, -0.2) is 263 Å². The zero-order chi connectivity index (χ0) is 70.9. The van der Waals surface area contributed by atoms with Gasteiger partial charge >= 0.3 is 47.8 Å². The molecule has 7 rings (SSSR count). The van der Waals surface area contributed by atoms with Gasteiger partial charge in [0.2, 0.25) is 35.4 Å². The van der Waals surface area contributed by atoms with Crippen LogP contribution in [-0.2, 0) is 138 Å². The number of rotatable bonds is 29. The van der Waals surface area contributed by atoms with Crippen molar-refractivity contribution in [1.29, 1.82) is 0 Å². The predicted octanol–water partition coefficient (Wildman–Crippen LogP) is -3.43. The Morgan fingerprint density at radius 3 is 0.722 bits per heavy atom. The summed E-state index contributed by atoms with van der Waals surface area (Å²) in [7, 11) is 0. The average molecular weight is 1380 g/mol. The molecule has 38 nitrogen and oxygen atoms in total. The van der Waals surface area contributed by atoms with Crippen molar-refractivity contribution in [2.75, 3.05) is 45.8 Å². The molecule has 0 aromatic rings. The van der Waals surface area contributed by atoms with Crippen LogP contribution in [0, 0.1) is 0 Å². The highest BCUT2D eigenvalue weighted by molar-refractivity contribution is 5.85. The third kappa shape index (κ3) is 22.3. The van der Waals surface area contributed by atoms with Gasteiger partial charge in [-0.25, -0.2) is 4.79 Å². The van der Waals surface area contributed by atoms with E-state index in [2.05, 4.69) is 41.9 Å².